The zero-order valence-electron chi connectivity index (χ0n) is 8.61. The summed E-state index contributed by atoms with van der Waals surface area (Å²) in [5.41, 5.74) is 3.25. The fourth-order valence-electron chi connectivity index (χ4n) is 1.74. The van der Waals surface area contributed by atoms with Crippen LogP contribution < -0.4 is 0 Å². The van der Waals surface area contributed by atoms with Crippen LogP contribution in [0.3, 0.4) is 0 Å². The lowest BCUT2D eigenvalue weighted by molar-refractivity contribution is 0.112. The summed E-state index contributed by atoms with van der Waals surface area (Å²) in [5, 5.41) is 0. The second kappa shape index (κ2) is 4.89. The van der Waals surface area contributed by atoms with Gasteiger partial charge in [-0.1, -0.05) is 29.8 Å². The molecule has 2 heteroatoms. The molecular formula is C13H14O2. The van der Waals surface area contributed by atoms with E-state index < -0.39 is 0 Å². The van der Waals surface area contributed by atoms with E-state index in [0.29, 0.717) is 0 Å². The Kier molecular flexibility index (Phi) is 3.30. The van der Waals surface area contributed by atoms with E-state index in [-0.39, 0.29) is 0 Å². The Balaban J connectivity index is 2.17. The van der Waals surface area contributed by atoms with Gasteiger partial charge in [0.25, 0.3) is 0 Å². The molecule has 1 aromatic carbocycles. The first-order chi connectivity index (χ1) is 7.38. The Bertz CT molecular complexity index is 372. The lowest BCUT2D eigenvalue weighted by atomic mass is 10.0. The van der Waals surface area contributed by atoms with Crippen molar-refractivity contribution in [3.63, 3.8) is 0 Å². The van der Waals surface area contributed by atoms with Crippen molar-refractivity contribution in [1.29, 1.82) is 0 Å². The number of rotatable bonds is 2. The van der Waals surface area contributed by atoms with E-state index in [4.69, 9.17) is 4.74 Å². The summed E-state index contributed by atoms with van der Waals surface area (Å²) >= 11 is 0. The van der Waals surface area contributed by atoms with Crippen LogP contribution in [-0.4, -0.2) is 19.5 Å². The van der Waals surface area contributed by atoms with Crippen molar-refractivity contribution in [3.05, 3.63) is 41.0 Å². The smallest absolute Gasteiger partial charge is 0.150 e. The van der Waals surface area contributed by atoms with E-state index in [2.05, 4.69) is 6.08 Å². The number of aldehydes is 1. The van der Waals surface area contributed by atoms with E-state index in [1.54, 1.807) is 0 Å². The van der Waals surface area contributed by atoms with E-state index in [9.17, 15) is 4.79 Å². The average Bonchev–Trinajstić information content (AvgIpc) is 2.31. The van der Waals surface area contributed by atoms with E-state index in [1.807, 2.05) is 24.3 Å². The molecule has 78 valence electrons. The van der Waals surface area contributed by atoms with Crippen molar-refractivity contribution < 1.29 is 9.53 Å². The molecule has 0 radical (unpaired) electrons. The highest BCUT2D eigenvalue weighted by molar-refractivity contribution is 5.76. The molecular weight excluding hydrogens is 188 g/mol. The average molecular weight is 202 g/mol. The van der Waals surface area contributed by atoms with Gasteiger partial charge >= 0.3 is 0 Å². The van der Waals surface area contributed by atoms with Crippen molar-refractivity contribution >= 4 is 12.4 Å². The molecule has 0 atom stereocenters. The van der Waals surface area contributed by atoms with Crippen LogP contribution in [0.15, 0.2) is 29.8 Å². The minimum Gasteiger partial charge on any atom is -0.381 e. The maximum atomic E-state index is 10.6. The summed E-state index contributed by atoms with van der Waals surface area (Å²) in [5.74, 6) is 0. The van der Waals surface area contributed by atoms with Crippen molar-refractivity contribution in [1.82, 2.24) is 0 Å². The predicted molar refractivity (Wildman–Crippen MR) is 59.9 cm³/mol. The Labute approximate surface area is 89.6 Å². The lowest BCUT2D eigenvalue weighted by Gasteiger charge is -2.14. The van der Waals surface area contributed by atoms with Gasteiger partial charge in [0, 0.05) is 5.56 Å². The molecule has 0 N–H and O–H groups in total. The van der Waals surface area contributed by atoms with Crippen LogP contribution in [0.2, 0.25) is 0 Å². The molecule has 1 aliphatic heterocycles. The molecule has 0 saturated carbocycles. The third kappa shape index (κ3) is 2.77. The maximum Gasteiger partial charge on any atom is 0.150 e. The minimum absolute atomic E-state index is 0.733. The molecule has 0 spiro atoms. The monoisotopic (exact) mass is 202 g/mol. The van der Waals surface area contributed by atoms with Crippen molar-refractivity contribution in [2.75, 3.05) is 13.2 Å². The third-order valence-corrected chi connectivity index (χ3v) is 2.55. The van der Waals surface area contributed by atoms with E-state index in [1.165, 1.54) is 5.57 Å². The molecule has 1 heterocycles. The van der Waals surface area contributed by atoms with Crippen LogP contribution in [0, 0.1) is 0 Å². The topological polar surface area (TPSA) is 26.3 Å². The molecule has 1 aliphatic rings. The largest absolute Gasteiger partial charge is 0.381 e. The fraction of sp³-hybridized carbons (Fsp3) is 0.308. The zero-order valence-corrected chi connectivity index (χ0v) is 8.61. The summed E-state index contributed by atoms with van der Waals surface area (Å²) < 4.78 is 5.29. The lowest BCUT2D eigenvalue weighted by Crippen LogP contribution is -2.06. The van der Waals surface area contributed by atoms with Crippen molar-refractivity contribution in [2.24, 2.45) is 0 Å². The van der Waals surface area contributed by atoms with E-state index >= 15 is 0 Å². The number of carbonyl (C=O) groups excluding carboxylic acids is 1. The first kappa shape index (κ1) is 10.1. The Hall–Kier alpha value is -1.41. The fourth-order valence-corrected chi connectivity index (χ4v) is 1.74. The molecule has 0 unspecified atom stereocenters. The highest BCUT2D eigenvalue weighted by atomic mass is 16.5. The number of hydrogen-bond donors (Lipinski definition) is 0. The van der Waals surface area contributed by atoms with Gasteiger partial charge < -0.3 is 4.74 Å². The molecule has 15 heavy (non-hydrogen) atoms. The van der Waals surface area contributed by atoms with Crippen LogP contribution in [-0.2, 0) is 4.74 Å². The van der Waals surface area contributed by atoms with Gasteiger partial charge in [0.15, 0.2) is 0 Å². The van der Waals surface area contributed by atoms with Crippen LogP contribution >= 0.6 is 0 Å². The van der Waals surface area contributed by atoms with Gasteiger partial charge in [-0.15, -0.1) is 0 Å². The van der Waals surface area contributed by atoms with Gasteiger partial charge in [0.05, 0.1) is 13.2 Å². The number of benzene rings is 1. The third-order valence-electron chi connectivity index (χ3n) is 2.55. The van der Waals surface area contributed by atoms with Crippen LogP contribution in [0.1, 0.15) is 28.8 Å². The van der Waals surface area contributed by atoms with E-state index in [0.717, 1.165) is 43.5 Å². The molecule has 0 aliphatic carbocycles. The minimum atomic E-state index is 0.733. The molecule has 1 aromatic rings. The SMILES string of the molecule is O=Cc1cccc(C=C2CCOCC2)c1. The standard InChI is InChI=1S/C13H14O2/c14-10-13-3-1-2-12(9-13)8-11-4-6-15-7-5-11/h1-3,8-10H,4-7H2. The molecule has 1 saturated heterocycles. The summed E-state index contributed by atoms with van der Waals surface area (Å²) in [6, 6.07) is 7.67. The van der Waals surface area contributed by atoms with Gasteiger partial charge in [-0.2, -0.15) is 0 Å². The second-order valence-corrected chi connectivity index (χ2v) is 3.70. The maximum absolute atomic E-state index is 10.6. The molecule has 2 rings (SSSR count). The van der Waals surface area contributed by atoms with Gasteiger partial charge in [0.1, 0.15) is 6.29 Å². The van der Waals surface area contributed by atoms with Gasteiger partial charge in [-0.3, -0.25) is 4.79 Å². The Morgan fingerprint density at radius 2 is 1.87 bits per heavy atom. The van der Waals surface area contributed by atoms with Crippen LogP contribution in [0.5, 0.6) is 0 Å². The summed E-state index contributed by atoms with van der Waals surface area (Å²) in [6.45, 7) is 1.64. The van der Waals surface area contributed by atoms with Gasteiger partial charge in [-0.25, -0.2) is 0 Å². The number of carbonyl (C=O) groups is 1. The van der Waals surface area contributed by atoms with Crippen molar-refractivity contribution in [3.8, 4) is 0 Å². The van der Waals surface area contributed by atoms with Crippen LogP contribution in [0.4, 0.5) is 0 Å². The first-order valence-corrected chi connectivity index (χ1v) is 5.21. The summed E-state index contributed by atoms with van der Waals surface area (Å²) in [7, 11) is 0. The molecule has 0 amide bonds. The molecule has 2 nitrogen and oxygen atoms in total. The van der Waals surface area contributed by atoms with Gasteiger partial charge in [0.2, 0.25) is 0 Å². The Morgan fingerprint density at radius 1 is 1.13 bits per heavy atom. The number of ether oxygens (including phenoxy) is 1. The van der Waals surface area contributed by atoms with Crippen LogP contribution in [0.25, 0.3) is 6.08 Å². The molecule has 0 bridgehead atoms. The second-order valence-electron chi connectivity index (χ2n) is 3.70. The summed E-state index contributed by atoms with van der Waals surface area (Å²) in [6.07, 6.45) is 5.05. The first-order valence-electron chi connectivity index (χ1n) is 5.21. The Morgan fingerprint density at radius 3 is 2.60 bits per heavy atom. The quantitative estimate of drug-likeness (QED) is 0.689. The highest BCUT2D eigenvalue weighted by Gasteiger charge is 2.05. The normalized spacial score (nSPS) is 16.1. The van der Waals surface area contributed by atoms with Crippen molar-refractivity contribution in [2.45, 2.75) is 12.8 Å². The zero-order chi connectivity index (χ0) is 10.5. The highest BCUT2D eigenvalue weighted by Crippen LogP contribution is 2.17. The van der Waals surface area contributed by atoms with Gasteiger partial charge in [-0.05, 0) is 24.5 Å². The predicted octanol–water partition coefficient (Wildman–Crippen LogP) is 2.69. The summed E-state index contributed by atoms with van der Waals surface area (Å²) in [4.78, 5) is 10.6. The molecule has 1 fully saturated rings. The molecule has 0 aromatic heterocycles. The number of hydrogen-bond acceptors (Lipinski definition) is 2.